The van der Waals surface area contributed by atoms with E-state index in [1.54, 1.807) is 0 Å². The minimum absolute atomic E-state index is 0.00699. The van der Waals surface area contributed by atoms with E-state index in [2.05, 4.69) is 26.1 Å². The summed E-state index contributed by atoms with van der Waals surface area (Å²) in [7, 11) is 0. The molecule has 3 unspecified atom stereocenters. The van der Waals surface area contributed by atoms with Gasteiger partial charge in [0, 0.05) is 25.2 Å². The van der Waals surface area contributed by atoms with Gasteiger partial charge in [0.15, 0.2) is 0 Å². The molecule has 2 aliphatic heterocycles. The van der Waals surface area contributed by atoms with E-state index in [0.29, 0.717) is 6.54 Å². The number of ether oxygens (including phenoxy) is 2. The Hall–Kier alpha value is -0.160. The monoisotopic (exact) mass is 256 g/mol. The molecule has 0 aromatic heterocycles. The van der Waals surface area contributed by atoms with Crippen LogP contribution in [0, 0.1) is 0 Å². The molecule has 2 heterocycles. The second-order valence-electron chi connectivity index (χ2n) is 6.41. The molecule has 2 saturated heterocycles. The van der Waals surface area contributed by atoms with E-state index in [1.165, 1.54) is 6.42 Å². The third kappa shape index (κ3) is 3.23. The lowest BCUT2D eigenvalue weighted by atomic mass is 9.83. The normalized spacial score (nSPS) is 45.3. The smallest absolute Gasteiger partial charge is 0.0779 e. The molecule has 0 aromatic rings. The van der Waals surface area contributed by atoms with Crippen molar-refractivity contribution in [3.63, 3.8) is 0 Å². The van der Waals surface area contributed by atoms with Gasteiger partial charge in [0.1, 0.15) is 0 Å². The molecular formula is C14H28N2O2. The highest BCUT2D eigenvalue weighted by Gasteiger charge is 2.39. The standard InChI is InChI=1S/C14H28N2O2/c1-11-7-14(9-15,8-12(2)18-11)16-10-13(3)5-4-6-17-13/h11-12,16H,4-10,15H2,1-3H3. The molecule has 4 heteroatoms. The van der Waals surface area contributed by atoms with E-state index in [9.17, 15) is 0 Å². The first-order chi connectivity index (χ1) is 8.47. The van der Waals surface area contributed by atoms with Crippen LogP contribution in [0.15, 0.2) is 0 Å². The van der Waals surface area contributed by atoms with E-state index in [-0.39, 0.29) is 23.3 Å². The third-order valence-electron chi connectivity index (χ3n) is 4.35. The van der Waals surface area contributed by atoms with E-state index < -0.39 is 0 Å². The molecule has 0 radical (unpaired) electrons. The van der Waals surface area contributed by atoms with Crippen molar-refractivity contribution in [1.29, 1.82) is 0 Å². The first-order valence-corrected chi connectivity index (χ1v) is 7.21. The Morgan fingerprint density at radius 2 is 1.94 bits per heavy atom. The summed E-state index contributed by atoms with van der Waals surface area (Å²) in [5.74, 6) is 0. The van der Waals surface area contributed by atoms with Gasteiger partial charge in [-0.2, -0.15) is 0 Å². The van der Waals surface area contributed by atoms with Gasteiger partial charge >= 0.3 is 0 Å². The topological polar surface area (TPSA) is 56.5 Å². The zero-order valence-electron chi connectivity index (χ0n) is 12.0. The number of rotatable bonds is 4. The minimum Gasteiger partial charge on any atom is -0.375 e. The summed E-state index contributed by atoms with van der Waals surface area (Å²) in [6.45, 7) is 8.92. The van der Waals surface area contributed by atoms with Crippen molar-refractivity contribution in [2.45, 2.75) is 69.8 Å². The highest BCUT2D eigenvalue weighted by molar-refractivity contribution is 4.98. The summed E-state index contributed by atoms with van der Waals surface area (Å²) in [6, 6.07) is 0. The van der Waals surface area contributed by atoms with Crippen molar-refractivity contribution < 1.29 is 9.47 Å². The predicted octanol–water partition coefficient (Wildman–Crippen LogP) is 1.43. The molecule has 106 valence electrons. The van der Waals surface area contributed by atoms with Crippen molar-refractivity contribution in [3.8, 4) is 0 Å². The van der Waals surface area contributed by atoms with Crippen LogP contribution < -0.4 is 11.1 Å². The minimum atomic E-state index is -0.00699. The average Bonchev–Trinajstić information content (AvgIpc) is 2.73. The molecule has 2 fully saturated rings. The lowest BCUT2D eigenvalue weighted by molar-refractivity contribution is -0.0731. The van der Waals surface area contributed by atoms with Gasteiger partial charge in [-0.15, -0.1) is 0 Å². The highest BCUT2D eigenvalue weighted by Crippen LogP contribution is 2.30. The van der Waals surface area contributed by atoms with E-state index in [4.69, 9.17) is 15.2 Å². The molecular weight excluding hydrogens is 228 g/mol. The lowest BCUT2D eigenvalue weighted by Crippen LogP contribution is -2.60. The fraction of sp³-hybridized carbons (Fsp3) is 1.00. The van der Waals surface area contributed by atoms with Crippen LogP contribution in [-0.4, -0.2) is 43.0 Å². The quantitative estimate of drug-likeness (QED) is 0.799. The molecule has 2 rings (SSSR count). The number of hydrogen-bond acceptors (Lipinski definition) is 4. The van der Waals surface area contributed by atoms with Crippen LogP contribution in [0.25, 0.3) is 0 Å². The number of hydrogen-bond donors (Lipinski definition) is 2. The molecule has 0 amide bonds. The predicted molar refractivity (Wildman–Crippen MR) is 72.6 cm³/mol. The second kappa shape index (κ2) is 5.45. The van der Waals surface area contributed by atoms with Crippen molar-refractivity contribution in [2.24, 2.45) is 5.73 Å². The molecule has 3 atom stereocenters. The van der Waals surface area contributed by atoms with Crippen LogP contribution in [0.4, 0.5) is 0 Å². The molecule has 0 spiro atoms. The van der Waals surface area contributed by atoms with Crippen molar-refractivity contribution in [1.82, 2.24) is 5.32 Å². The van der Waals surface area contributed by atoms with Gasteiger partial charge in [0.05, 0.1) is 17.8 Å². The van der Waals surface area contributed by atoms with Crippen molar-refractivity contribution >= 4 is 0 Å². The van der Waals surface area contributed by atoms with Crippen LogP contribution in [0.3, 0.4) is 0 Å². The Morgan fingerprint density at radius 3 is 2.44 bits per heavy atom. The Kier molecular flexibility index (Phi) is 4.32. The van der Waals surface area contributed by atoms with Gasteiger partial charge in [-0.1, -0.05) is 0 Å². The molecule has 3 N–H and O–H groups in total. The summed E-state index contributed by atoms with van der Waals surface area (Å²) in [6.07, 6.45) is 4.85. The van der Waals surface area contributed by atoms with Crippen LogP contribution in [0.2, 0.25) is 0 Å². The maximum Gasteiger partial charge on any atom is 0.0779 e. The van der Waals surface area contributed by atoms with E-state index in [0.717, 1.165) is 32.4 Å². The summed E-state index contributed by atoms with van der Waals surface area (Å²) in [5, 5.41) is 3.70. The molecule has 0 aliphatic carbocycles. The fourth-order valence-corrected chi connectivity index (χ4v) is 3.41. The van der Waals surface area contributed by atoms with E-state index in [1.807, 2.05) is 0 Å². The van der Waals surface area contributed by atoms with Gasteiger partial charge in [-0.05, 0) is 46.5 Å². The molecule has 2 aliphatic rings. The summed E-state index contributed by atoms with van der Waals surface area (Å²) < 4.78 is 11.7. The molecule has 0 bridgehead atoms. The first-order valence-electron chi connectivity index (χ1n) is 7.21. The zero-order chi connectivity index (χ0) is 13.2. The van der Waals surface area contributed by atoms with Crippen LogP contribution >= 0.6 is 0 Å². The first kappa shape index (κ1) is 14.3. The van der Waals surface area contributed by atoms with Gasteiger partial charge in [-0.3, -0.25) is 0 Å². The SMILES string of the molecule is CC1CC(CN)(NCC2(C)CCCO2)CC(C)O1. The summed E-state index contributed by atoms with van der Waals surface area (Å²) >= 11 is 0. The molecule has 4 nitrogen and oxygen atoms in total. The molecule has 0 aromatic carbocycles. The summed E-state index contributed by atoms with van der Waals surface area (Å²) in [4.78, 5) is 0. The van der Waals surface area contributed by atoms with E-state index >= 15 is 0 Å². The molecule has 0 saturated carbocycles. The van der Waals surface area contributed by atoms with Gasteiger partial charge < -0.3 is 20.5 Å². The lowest BCUT2D eigenvalue weighted by Gasteiger charge is -2.44. The third-order valence-corrected chi connectivity index (χ3v) is 4.35. The maximum absolute atomic E-state index is 6.03. The second-order valence-corrected chi connectivity index (χ2v) is 6.41. The average molecular weight is 256 g/mol. The fourth-order valence-electron chi connectivity index (χ4n) is 3.41. The van der Waals surface area contributed by atoms with Crippen LogP contribution in [-0.2, 0) is 9.47 Å². The number of nitrogens with one attached hydrogen (secondary N) is 1. The zero-order valence-corrected chi connectivity index (χ0v) is 12.0. The summed E-state index contributed by atoms with van der Waals surface area (Å²) in [5.41, 5.74) is 6.04. The number of nitrogens with two attached hydrogens (primary N) is 1. The van der Waals surface area contributed by atoms with Crippen molar-refractivity contribution in [3.05, 3.63) is 0 Å². The van der Waals surface area contributed by atoms with Crippen molar-refractivity contribution in [2.75, 3.05) is 19.7 Å². The van der Waals surface area contributed by atoms with Crippen LogP contribution in [0.1, 0.15) is 46.5 Å². The Balaban J connectivity index is 1.95. The van der Waals surface area contributed by atoms with Crippen LogP contribution in [0.5, 0.6) is 0 Å². The highest BCUT2D eigenvalue weighted by atomic mass is 16.5. The molecule has 18 heavy (non-hydrogen) atoms. The maximum atomic E-state index is 6.03. The Labute approximate surface area is 111 Å². The van der Waals surface area contributed by atoms with Gasteiger partial charge in [0.25, 0.3) is 0 Å². The van der Waals surface area contributed by atoms with Gasteiger partial charge in [-0.25, -0.2) is 0 Å². The Morgan fingerprint density at radius 1 is 1.28 bits per heavy atom. The Bertz CT molecular complexity index is 267. The van der Waals surface area contributed by atoms with Gasteiger partial charge in [0.2, 0.25) is 0 Å². The largest absolute Gasteiger partial charge is 0.375 e.